The average molecular weight is 257 g/mol. The third kappa shape index (κ3) is 4.38. The molecule has 6 heteroatoms. The molecule has 1 aromatic rings. The Labute approximate surface area is 107 Å². The number of nitrogens with zero attached hydrogens (tertiary/aromatic N) is 2. The van der Waals surface area contributed by atoms with Gasteiger partial charge in [0.1, 0.15) is 5.69 Å². The molecule has 0 saturated carbocycles. The van der Waals surface area contributed by atoms with Gasteiger partial charge >= 0.3 is 0 Å². The molecule has 1 aliphatic heterocycles. The normalized spacial score (nSPS) is 18.7. The minimum absolute atomic E-state index is 0. The molecule has 2 heterocycles. The SMILES string of the molecule is Cl.O=C(CNCC1CCNC1)c1cnccn1. The molecule has 17 heavy (non-hydrogen) atoms. The fraction of sp³-hybridized carbons (Fsp3) is 0.545. The van der Waals surface area contributed by atoms with Gasteiger partial charge in [-0.2, -0.15) is 0 Å². The Morgan fingerprint density at radius 2 is 2.41 bits per heavy atom. The fourth-order valence-electron chi connectivity index (χ4n) is 1.81. The first-order chi connectivity index (χ1) is 7.86. The Hall–Kier alpha value is -1.04. The van der Waals surface area contributed by atoms with Crippen molar-refractivity contribution in [2.45, 2.75) is 6.42 Å². The Bertz CT molecular complexity index is 341. The van der Waals surface area contributed by atoms with Crippen molar-refractivity contribution in [1.29, 1.82) is 0 Å². The van der Waals surface area contributed by atoms with E-state index in [0.717, 1.165) is 19.6 Å². The number of ketones is 1. The number of aromatic nitrogens is 2. The van der Waals surface area contributed by atoms with Crippen LogP contribution in [-0.2, 0) is 0 Å². The molecule has 1 aliphatic rings. The van der Waals surface area contributed by atoms with E-state index in [-0.39, 0.29) is 18.2 Å². The van der Waals surface area contributed by atoms with Crippen LogP contribution >= 0.6 is 12.4 Å². The summed E-state index contributed by atoms with van der Waals surface area (Å²) >= 11 is 0. The molecular weight excluding hydrogens is 240 g/mol. The van der Waals surface area contributed by atoms with Crippen LogP contribution in [0.25, 0.3) is 0 Å². The summed E-state index contributed by atoms with van der Waals surface area (Å²) in [7, 11) is 0. The standard InChI is InChI=1S/C11H16N4O.ClH/c16-11(10-7-13-3-4-15-10)8-14-6-9-1-2-12-5-9;/h3-4,7,9,12,14H,1-2,5-6,8H2;1H. The highest BCUT2D eigenvalue weighted by molar-refractivity contribution is 5.95. The van der Waals surface area contributed by atoms with Gasteiger partial charge in [-0.05, 0) is 32.0 Å². The van der Waals surface area contributed by atoms with Gasteiger partial charge in [0, 0.05) is 12.4 Å². The van der Waals surface area contributed by atoms with Gasteiger partial charge in [-0.25, -0.2) is 4.98 Å². The number of carbonyl (C=O) groups is 1. The largest absolute Gasteiger partial charge is 0.316 e. The van der Waals surface area contributed by atoms with E-state index in [0.29, 0.717) is 18.2 Å². The Balaban J connectivity index is 0.00000144. The van der Waals surface area contributed by atoms with Gasteiger partial charge in [0.15, 0.2) is 5.78 Å². The van der Waals surface area contributed by atoms with Crippen LogP contribution in [-0.4, -0.2) is 41.9 Å². The number of hydrogen-bond donors (Lipinski definition) is 2. The first-order valence-corrected chi connectivity index (χ1v) is 5.57. The van der Waals surface area contributed by atoms with Crippen LogP contribution in [0.1, 0.15) is 16.9 Å². The number of Topliss-reactive ketones (excluding diaryl/α,β-unsaturated/α-hetero) is 1. The molecule has 94 valence electrons. The monoisotopic (exact) mass is 256 g/mol. The third-order valence-corrected chi connectivity index (χ3v) is 2.73. The van der Waals surface area contributed by atoms with Crippen LogP contribution in [0.5, 0.6) is 0 Å². The minimum atomic E-state index is -0.000874. The molecule has 0 spiro atoms. The lowest BCUT2D eigenvalue weighted by atomic mass is 10.1. The summed E-state index contributed by atoms with van der Waals surface area (Å²) < 4.78 is 0. The highest BCUT2D eigenvalue weighted by atomic mass is 35.5. The van der Waals surface area contributed by atoms with Crippen molar-refractivity contribution in [3.05, 3.63) is 24.3 Å². The second-order valence-corrected chi connectivity index (χ2v) is 4.00. The summed E-state index contributed by atoms with van der Waals surface area (Å²) in [4.78, 5) is 19.5. The number of nitrogens with one attached hydrogen (secondary N) is 2. The van der Waals surface area contributed by atoms with Crippen LogP contribution in [0.2, 0.25) is 0 Å². The van der Waals surface area contributed by atoms with Crippen molar-refractivity contribution in [2.24, 2.45) is 5.92 Å². The summed E-state index contributed by atoms with van der Waals surface area (Å²) in [5.74, 6) is 0.647. The molecule has 1 aromatic heterocycles. The van der Waals surface area contributed by atoms with Crippen LogP contribution in [0.3, 0.4) is 0 Å². The molecule has 1 saturated heterocycles. The summed E-state index contributed by atoms with van der Waals surface area (Å²) in [6.45, 7) is 3.37. The maximum absolute atomic E-state index is 11.6. The zero-order valence-electron chi connectivity index (χ0n) is 9.56. The molecule has 0 aliphatic carbocycles. The Morgan fingerprint density at radius 3 is 3.06 bits per heavy atom. The van der Waals surface area contributed by atoms with E-state index < -0.39 is 0 Å². The summed E-state index contributed by atoms with van der Waals surface area (Å²) in [6.07, 6.45) is 5.79. The average Bonchev–Trinajstić information content (AvgIpc) is 2.83. The van der Waals surface area contributed by atoms with Crippen molar-refractivity contribution in [2.75, 3.05) is 26.2 Å². The van der Waals surface area contributed by atoms with E-state index in [2.05, 4.69) is 20.6 Å². The molecular formula is C11H17ClN4O. The van der Waals surface area contributed by atoms with Crippen LogP contribution in [0, 0.1) is 5.92 Å². The fourth-order valence-corrected chi connectivity index (χ4v) is 1.81. The first-order valence-electron chi connectivity index (χ1n) is 5.57. The molecule has 2 rings (SSSR count). The number of rotatable bonds is 5. The predicted octanol–water partition coefficient (Wildman–Crippen LogP) is 0.280. The van der Waals surface area contributed by atoms with Gasteiger partial charge in [0.25, 0.3) is 0 Å². The summed E-state index contributed by atoms with van der Waals surface area (Å²) in [6, 6.07) is 0. The lowest BCUT2D eigenvalue weighted by Gasteiger charge is -2.08. The van der Waals surface area contributed by atoms with Crippen molar-refractivity contribution >= 4 is 18.2 Å². The van der Waals surface area contributed by atoms with E-state index in [1.165, 1.54) is 18.8 Å². The van der Waals surface area contributed by atoms with Crippen molar-refractivity contribution in [1.82, 2.24) is 20.6 Å². The van der Waals surface area contributed by atoms with Gasteiger partial charge in [0.05, 0.1) is 12.7 Å². The highest BCUT2D eigenvalue weighted by Gasteiger charge is 2.14. The Kier molecular flexibility index (Phi) is 6.04. The smallest absolute Gasteiger partial charge is 0.196 e. The summed E-state index contributed by atoms with van der Waals surface area (Å²) in [5.41, 5.74) is 0.430. The minimum Gasteiger partial charge on any atom is -0.316 e. The topological polar surface area (TPSA) is 66.9 Å². The molecule has 0 aromatic carbocycles. The zero-order valence-corrected chi connectivity index (χ0v) is 10.4. The quantitative estimate of drug-likeness (QED) is 0.741. The van der Waals surface area contributed by atoms with Gasteiger partial charge in [-0.15, -0.1) is 12.4 Å². The van der Waals surface area contributed by atoms with Crippen molar-refractivity contribution in [3.63, 3.8) is 0 Å². The van der Waals surface area contributed by atoms with Crippen molar-refractivity contribution < 1.29 is 4.79 Å². The molecule has 5 nitrogen and oxygen atoms in total. The maximum atomic E-state index is 11.6. The van der Waals surface area contributed by atoms with Crippen molar-refractivity contribution in [3.8, 4) is 0 Å². The summed E-state index contributed by atoms with van der Waals surface area (Å²) in [5, 5.41) is 6.46. The van der Waals surface area contributed by atoms with Gasteiger partial charge in [0.2, 0.25) is 0 Å². The zero-order chi connectivity index (χ0) is 11.2. The molecule has 2 N–H and O–H groups in total. The van der Waals surface area contributed by atoms with Crippen LogP contribution < -0.4 is 10.6 Å². The van der Waals surface area contributed by atoms with Crippen LogP contribution in [0.4, 0.5) is 0 Å². The maximum Gasteiger partial charge on any atom is 0.196 e. The van der Waals surface area contributed by atoms with E-state index in [1.807, 2.05) is 0 Å². The van der Waals surface area contributed by atoms with E-state index in [9.17, 15) is 4.79 Å². The van der Waals surface area contributed by atoms with E-state index in [1.54, 1.807) is 6.20 Å². The van der Waals surface area contributed by atoms with Gasteiger partial charge in [-0.3, -0.25) is 9.78 Å². The molecule has 0 bridgehead atoms. The molecule has 1 fully saturated rings. The first kappa shape index (κ1) is 14.0. The third-order valence-electron chi connectivity index (χ3n) is 2.73. The molecule has 1 atom stereocenters. The Morgan fingerprint density at radius 1 is 1.53 bits per heavy atom. The van der Waals surface area contributed by atoms with E-state index in [4.69, 9.17) is 0 Å². The van der Waals surface area contributed by atoms with E-state index >= 15 is 0 Å². The molecule has 0 amide bonds. The molecule has 1 unspecified atom stereocenters. The van der Waals surface area contributed by atoms with Crippen LogP contribution in [0.15, 0.2) is 18.6 Å². The lowest BCUT2D eigenvalue weighted by Crippen LogP contribution is -2.29. The molecule has 0 radical (unpaired) electrons. The second kappa shape index (κ2) is 7.32. The van der Waals surface area contributed by atoms with Gasteiger partial charge < -0.3 is 10.6 Å². The number of halogens is 1. The van der Waals surface area contributed by atoms with Gasteiger partial charge in [-0.1, -0.05) is 0 Å². The second-order valence-electron chi connectivity index (χ2n) is 4.00. The predicted molar refractivity (Wildman–Crippen MR) is 67.5 cm³/mol. The lowest BCUT2D eigenvalue weighted by molar-refractivity contribution is 0.0985. The number of carbonyl (C=O) groups excluding carboxylic acids is 1. The highest BCUT2D eigenvalue weighted by Crippen LogP contribution is 2.05. The number of hydrogen-bond acceptors (Lipinski definition) is 5.